The number of carbonyl (C=O) groups excluding carboxylic acids is 3. The zero-order chi connectivity index (χ0) is 18.1. The normalized spacial score (nSPS) is 13.0. The minimum absolute atomic E-state index is 0.322. The van der Waals surface area contributed by atoms with Crippen molar-refractivity contribution >= 4 is 23.4 Å². The van der Waals surface area contributed by atoms with Gasteiger partial charge in [-0.15, -0.1) is 0 Å². The van der Waals surface area contributed by atoms with Gasteiger partial charge in [-0.25, -0.2) is 9.67 Å². The Hall–Kier alpha value is -3.81. The highest BCUT2D eigenvalue weighted by Crippen LogP contribution is 2.22. The summed E-state index contributed by atoms with van der Waals surface area (Å²) >= 11 is 0. The zero-order valence-corrected chi connectivity index (χ0v) is 13.5. The summed E-state index contributed by atoms with van der Waals surface area (Å²) in [6.07, 6.45) is 2.99. The third-order valence-corrected chi connectivity index (χ3v) is 4.01. The maximum atomic E-state index is 12.3. The van der Waals surface area contributed by atoms with Crippen molar-refractivity contribution in [1.29, 1.82) is 0 Å². The smallest absolute Gasteiger partial charge is 0.262 e. The molecule has 2 aromatic carbocycles. The second kappa shape index (κ2) is 6.25. The maximum Gasteiger partial charge on any atom is 0.262 e. The van der Waals surface area contributed by atoms with Crippen LogP contribution in [-0.4, -0.2) is 43.9 Å². The lowest BCUT2D eigenvalue weighted by molar-refractivity contribution is -0.116. The van der Waals surface area contributed by atoms with E-state index in [9.17, 15) is 14.4 Å². The van der Waals surface area contributed by atoms with Gasteiger partial charge in [0.25, 0.3) is 11.8 Å². The lowest BCUT2D eigenvalue weighted by atomic mass is 10.1. The average molecular weight is 347 g/mol. The molecule has 0 saturated heterocycles. The number of hydrogen-bond donors (Lipinski definition) is 1. The molecule has 0 saturated carbocycles. The van der Waals surface area contributed by atoms with Gasteiger partial charge in [-0.05, 0) is 36.4 Å². The molecule has 2 heterocycles. The highest BCUT2D eigenvalue weighted by molar-refractivity contribution is 6.22. The number of fused-ring (bicyclic) bond motifs is 1. The van der Waals surface area contributed by atoms with E-state index in [-0.39, 0.29) is 6.54 Å². The third kappa shape index (κ3) is 2.73. The summed E-state index contributed by atoms with van der Waals surface area (Å²) in [5.74, 6) is -1.36. The van der Waals surface area contributed by atoms with Gasteiger partial charge in [0, 0.05) is 5.69 Å². The molecule has 8 heteroatoms. The van der Waals surface area contributed by atoms with Gasteiger partial charge in [0.15, 0.2) is 0 Å². The summed E-state index contributed by atoms with van der Waals surface area (Å²) in [6.45, 7) is -0.336. The van der Waals surface area contributed by atoms with Crippen LogP contribution in [0.1, 0.15) is 20.7 Å². The fraction of sp³-hybridized carbons (Fsp3) is 0.0556. The number of nitrogens with zero attached hydrogens (tertiary/aromatic N) is 4. The Balaban J connectivity index is 1.43. The van der Waals surface area contributed by atoms with Crippen LogP contribution in [0.3, 0.4) is 0 Å². The molecule has 0 atom stereocenters. The van der Waals surface area contributed by atoms with E-state index in [1.165, 1.54) is 6.33 Å². The molecule has 4 rings (SSSR count). The van der Waals surface area contributed by atoms with Crippen LogP contribution >= 0.6 is 0 Å². The Labute approximate surface area is 148 Å². The number of anilines is 1. The Kier molecular flexibility index (Phi) is 3.77. The summed E-state index contributed by atoms with van der Waals surface area (Å²) in [5, 5.41) is 6.70. The van der Waals surface area contributed by atoms with Crippen LogP contribution in [0.2, 0.25) is 0 Å². The van der Waals surface area contributed by atoms with Crippen molar-refractivity contribution < 1.29 is 14.4 Å². The molecule has 0 bridgehead atoms. The largest absolute Gasteiger partial charge is 0.325 e. The first-order valence-electron chi connectivity index (χ1n) is 7.83. The number of rotatable bonds is 4. The van der Waals surface area contributed by atoms with Gasteiger partial charge in [-0.3, -0.25) is 19.3 Å². The van der Waals surface area contributed by atoms with Crippen molar-refractivity contribution in [2.75, 3.05) is 11.9 Å². The molecule has 0 radical (unpaired) electrons. The Bertz CT molecular complexity index is 961. The predicted molar refractivity (Wildman–Crippen MR) is 91.8 cm³/mol. The number of hydrogen-bond acceptors (Lipinski definition) is 5. The Morgan fingerprint density at radius 2 is 1.62 bits per heavy atom. The third-order valence-electron chi connectivity index (χ3n) is 4.01. The number of aromatic nitrogens is 3. The van der Waals surface area contributed by atoms with E-state index < -0.39 is 17.7 Å². The summed E-state index contributed by atoms with van der Waals surface area (Å²) < 4.78 is 1.59. The Morgan fingerprint density at radius 3 is 2.19 bits per heavy atom. The highest BCUT2D eigenvalue weighted by atomic mass is 16.2. The lowest BCUT2D eigenvalue weighted by Crippen LogP contribution is -2.37. The van der Waals surface area contributed by atoms with Gasteiger partial charge in [0.2, 0.25) is 5.91 Å². The SMILES string of the molecule is O=C(CN1C(=O)c2ccccc2C1=O)Nc1ccc(-n2cncn2)cc1. The molecule has 0 spiro atoms. The van der Waals surface area contributed by atoms with E-state index in [0.717, 1.165) is 10.6 Å². The number of benzene rings is 2. The van der Waals surface area contributed by atoms with E-state index in [2.05, 4.69) is 15.4 Å². The van der Waals surface area contributed by atoms with Gasteiger partial charge < -0.3 is 5.32 Å². The molecule has 1 N–H and O–H groups in total. The first-order chi connectivity index (χ1) is 12.6. The Morgan fingerprint density at radius 1 is 0.962 bits per heavy atom. The second-order valence-corrected chi connectivity index (χ2v) is 5.68. The summed E-state index contributed by atoms with van der Waals surface area (Å²) in [6, 6.07) is 13.5. The van der Waals surface area contributed by atoms with Crippen LogP contribution in [0, 0.1) is 0 Å². The van der Waals surface area contributed by atoms with Crippen molar-refractivity contribution in [3.8, 4) is 5.69 Å². The molecular formula is C18H13N5O3. The molecule has 0 fully saturated rings. The van der Waals surface area contributed by atoms with Crippen LogP contribution in [0.5, 0.6) is 0 Å². The van der Waals surface area contributed by atoms with E-state index >= 15 is 0 Å². The zero-order valence-electron chi connectivity index (χ0n) is 13.5. The standard InChI is InChI=1S/C18H13N5O3/c24-16(9-22-17(25)14-3-1-2-4-15(14)18(22)26)21-12-5-7-13(8-6-12)23-11-19-10-20-23/h1-8,10-11H,9H2,(H,21,24). The molecule has 128 valence electrons. The predicted octanol–water partition coefficient (Wildman–Crippen LogP) is 1.50. The molecule has 1 aliphatic heterocycles. The van der Waals surface area contributed by atoms with E-state index in [1.54, 1.807) is 59.5 Å². The second-order valence-electron chi connectivity index (χ2n) is 5.68. The number of nitrogens with one attached hydrogen (secondary N) is 1. The van der Waals surface area contributed by atoms with Crippen LogP contribution in [0.15, 0.2) is 61.2 Å². The van der Waals surface area contributed by atoms with Gasteiger partial charge in [-0.1, -0.05) is 12.1 Å². The van der Waals surface area contributed by atoms with Gasteiger partial charge in [0.1, 0.15) is 19.2 Å². The highest BCUT2D eigenvalue weighted by Gasteiger charge is 2.36. The van der Waals surface area contributed by atoms with Gasteiger partial charge in [0.05, 0.1) is 16.8 Å². The van der Waals surface area contributed by atoms with E-state index in [4.69, 9.17) is 0 Å². The first kappa shape index (κ1) is 15.7. The molecule has 3 aromatic rings. The van der Waals surface area contributed by atoms with E-state index in [1.807, 2.05) is 0 Å². The molecule has 8 nitrogen and oxygen atoms in total. The molecule has 1 aliphatic rings. The van der Waals surface area contributed by atoms with E-state index in [0.29, 0.717) is 16.8 Å². The summed E-state index contributed by atoms with van der Waals surface area (Å²) in [7, 11) is 0. The molecule has 26 heavy (non-hydrogen) atoms. The van der Waals surface area contributed by atoms with Crippen LogP contribution in [0.25, 0.3) is 5.69 Å². The number of imide groups is 1. The fourth-order valence-electron chi connectivity index (χ4n) is 2.77. The van der Waals surface area contributed by atoms with Gasteiger partial charge in [-0.2, -0.15) is 5.10 Å². The van der Waals surface area contributed by atoms with Crippen molar-refractivity contribution in [3.63, 3.8) is 0 Å². The van der Waals surface area contributed by atoms with Crippen molar-refractivity contribution in [1.82, 2.24) is 19.7 Å². The first-order valence-corrected chi connectivity index (χ1v) is 7.83. The van der Waals surface area contributed by atoms with Crippen LogP contribution in [-0.2, 0) is 4.79 Å². The number of carbonyl (C=O) groups is 3. The van der Waals surface area contributed by atoms with Crippen LogP contribution in [0.4, 0.5) is 5.69 Å². The summed E-state index contributed by atoms with van der Waals surface area (Å²) in [4.78, 5) is 41.6. The maximum absolute atomic E-state index is 12.3. The number of amides is 3. The van der Waals surface area contributed by atoms with Crippen LogP contribution < -0.4 is 5.32 Å². The minimum Gasteiger partial charge on any atom is -0.325 e. The molecule has 0 aliphatic carbocycles. The summed E-state index contributed by atoms with van der Waals surface area (Å²) in [5.41, 5.74) is 1.99. The topological polar surface area (TPSA) is 97.2 Å². The molecular weight excluding hydrogens is 334 g/mol. The average Bonchev–Trinajstić information content (AvgIpc) is 3.27. The van der Waals surface area contributed by atoms with Crippen molar-refractivity contribution in [2.45, 2.75) is 0 Å². The van der Waals surface area contributed by atoms with Crippen molar-refractivity contribution in [2.24, 2.45) is 0 Å². The monoisotopic (exact) mass is 347 g/mol. The molecule has 1 aromatic heterocycles. The minimum atomic E-state index is -0.456. The quantitative estimate of drug-likeness (QED) is 0.722. The van der Waals surface area contributed by atoms with Gasteiger partial charge >= 0.3 is 0 Å². The molecule has 0 unspecified atom stereocenters. The lowest BCUT2D eigenvalue weighted by Gasteiger charge is -2.13. The van der Waals surface area contributed by atoms with Crippen molar-refractivity contribution in [3.05, 3.63) is 72.3 Å². The fourth-order valence-corrected chi connectivity index (χ4v) is 2.77. The molecule has 3 amide bonds.